The first kappa shape index (κ1) is 21.5. The summed E-state index contributed by atoms with van der Waals surface area (Å²) in [7, 11) is 4.33. The van der Waals surface area contributed by atoms with Crippen LogP contribution in [-0.2, 0) is 26.4 Å². The van der Waals surface area contributed by atoms with Crippen LogP contribution in [-0.4, -0.2) is 61.9 Å². The molecule has 0 saturated carbocycles. The van der Waals surface area contributed by atoms with Gasteiger partial charge in [0, 0.05) is 44.5 Å². The summed E-state index contributed by atoms with van der Waals surface area (Å²) >= 11 is 0. The lowest BCUT2D eigenvalue weighted by molar-refractivity contribution is 0.199. The Balaban J connectivity index is 1.16. The molecular weight excluding hydrogens is 398 g/mol. The minimum absolute atomic E-state index is 0.365. The number of pyridine rings is 1. The molecule has 0 N–H and O–H groups in total. The van der Waals surface area contributed by atoms with Crippen molar-refractivity contribution in [1.29, 1.82) is 0 Å². The number of fused-ring (bicyclic) bond motifs is 1. The number of nitrogens with zero attached hydrogens (tertiary/aromatic N) is 7. The molecule has 1 saturated heterocycles. The minimum atomic E-state index is 0.365. The van der Waals surface area contributed by atoms with Crippen molar-refractivity contribution in [3.63, 3.8) is 0 Å². The van der Waals surface area contributed by atoms with Crippen molar-refractivity contribution in [2.75, 3.05) is 26.7 Å². The Hall–Kier alpha value is -2.38. The fourth-order valence-corrected chi connectivity index (χ4v) is 5.43. The molecule has 1 fully saturated rings. The number of rotatable bonds is 7. The molecule has 170 valence electrons. The van der Waals surface area contributed by atoms with Gasteiger partial charge in [0.15, 0.2) is 0 Å². The van der Waals surface area contributed by atoms with Crippen LogP contribution in [0.3, 0.4) is 0 Å². The number of allylic oxidation sites excluding steroid dienone is 1. The molecule has 2 aromatic rings. The zero-order valence-corrected chi connectivity index (χ0v) is 19.5. The topological polar surface area (TPSA) is 62.4 Å². The van der Waals surface area contributed by atoms with Crippen LogP contribution in [0, 0.1) is 5.92 Å². The van der Waals surface area contributed by atoms with Gasteiger partial charge in [-0.2, -0.15) is 0 Å². The van der Waals surface area contributed by atoms with Gasteiger partial charge in [0.25, 0.3) is 0 Å². The van der Waals surface area contributed by atoms with E-state index in [9.17, 15) is 0 Å². The molecule has 0 radical (unpaired) electrons. The van der Waals surface area contributed by atoms with Gasteiger partial charge in [-0.25, -0.2) is 0 Å². The molecule has 4 heterocycles. The van der Waals surface area contributed by atoms with Gasteiger partial charge in [0.05, 0.1) is 18.3 Å². The van der Waals surface area contributed by atoms with Crippen molar-refractivity contribution in [2.24, 2.45) is 18.0 Å². The fraction of sp³-hybridized carbons (Fsp3) is 0.600. The van der Waals surface area contributed by atoms with Crippen LogP contribution in [0.4, 0.5) is 0 Å². The van der Waals surface area contributed by atoms with Gasteiger partial charge in [-0.1, -0.05) is 12.1 Å². The van der Waals surface area contributed by atoms with E-state index in [0.29, 0.717) is 12.0 Å². The highest BCUT2D eigenvalue weighted by atomic mass is 15.3. The number of aliphatic imine (C=N–C) groups is 1. The Morgan fingerprint density at radius 3 is 2.78 bits per heavy atom. The highest BCUT2D eigenvalue weighted by Crippen LogP contribution is 2.32. The molecule has 2 aliphatic heterocycles. The molecule has 3 aliphatic rings. The lowest BCUT2D eigenvalue weighted by Crippen LogP contribution is -2.37. The third-order valence-corrected chi connectivity index (χ3v) is 7.44. The summed E-state index contributed by atoms with van der Waals surface area (Å²) in [6, 6.07) is 4.65. The monoisotopic (exact) mass is 433 g/mol. The van der Waals surface area contributed by atoms with Crippen molar-refractivity contribution in [1.82, 2.24) is 29.5 Å². The SMILES string of the molecule is CN(Cc1nnc(CC2CCN(CC3=NC=CC3)CC2)n1C)C1CCCc2cccnc21. The number of likely N-dealkylation sites (tertiary alicyclic amines) is 1. The van der Waals surface area contributed by atoms with Gasteiger partial charge in [0.1, 0.15) is 11.6 Å². The second kappa shape index (κ2) is 9.63. The first-order valence-electron chi connectivity index (χ1n) is 12.1. The third-order valence-electron chi connectivity index (χ3n) is 7.44. The van der Waals surface area contributed by atoms with Gasteiger partial charge < -0.3 is 4.57 Å². The van der Waals surface area contributed by atoms with Gasteiger partial charge in [-0.3, -0.25) is 19.8 Å². The maximum absolute atomic E-state index is 4.71. The van der Waals surface area contributed by atoms with Crippen molar-refractivity contribution < 1.29 is 0 Å². The maximum Gasteiger partial charge on any atom is 0.146 e. The Morgan fingerprint density at radius 2 is 1.97 bits per heavy atom. The van der Waals surface area contributed by atoms with E-state index in [0.717, 1.165) is 63.5 Å². The highest BCUT2D eigenvalue weighted by molar-refractivity contribution is 5.89. The largest absolute Gasteiger partial charge is 0.317 e. The van der Waals surface area contributed by atoms with E-state index in [1.165, 1.54) is 36.2 Å². The Kier molecular flexibility index (Phi) is 6.46. The molecule has 1 atom stereocenters. The number of aromatic nitrogens is 4. The predicted octanol–water partition coefficient (Wildman–Crippen LogP) is 3.33. The van der Waals surface area contributed by atoms with E-state index in [4.69, 9.17) is 4.98 Å². The van der Waals surface area contributed by atoms with Crippen LogP contribution in [0.5, 0.6) is 0 Å². The van der Waals surface area contributed by atoms with Crippen LogP contribution in [0.1, 0.15) is 61.1 Å². The van der Waals surface area contributed by atoms with Crippen molar-refractivity contribution in [2.45, 2.75) is 57.5 Å². The number of aryl methyl sites for hydroxylation is 1. The van der Waals surface area contributed by atoms with Crippen LogP contribution < -0.4 is 0 Å². The number of hydrogen-bond donors (Lipinski definition) is 0. The minimum Gasteiger partial charge on any atom is -0.317 e. The lowest BCUT2D eigenvalue weighted by Gasteiger charge is -2.32. The summed E-state index contributed by atoms with van der Waals surface area (Å²) in [5, 5.41) is 9.16. The molecule has 1 unspecified atom stereocenters. The molecule has 1 aliphatic carbocycles. The van der Waals surface area contributed by atoms with Crippen LogP contribution in [0.15, 0.2) is 35.6 Å². The average Bonchev–Trinajstić information content (AvgIpc) is 3.45. The summed E-state index contributed by atoms with van der Waals surface area (Å²) in [5.41, 5.74) is 3.95. The second-order valence-corrected chi connectivity index (χ2v) is 9.67. The van der Waals surface area contributed by atoms with E-state index in [1.807, 2.05) is 12.4 Å². The third kappa shape index (κ3) is 4.69. The molecule has 5 rings (SSSR count). The quantitative estimate of drug-likeness (QED) is 0.670. The zero-order chi connectivity index (χ0) is 21.9. The molecule has 0 bridgehead atoms. The molecule has 0 aromatic carbocycles. The fourth-order valence-electron chi connectivity index (χ4n) is 5.43. The smallest absolute Gasteiger partial charge is 0.146 e. The van der Waals surface area contributed by atoms with E-state index < -0.39 is 0 Å². The summed E-state index contributed by atoms with van der Waals surface area (Å²) < 4.78 is 2.23. The number of piperidine rings is 1. The van der Waals surface area contributed by atoms with Crippen LogP contribution in [0.2, 0.25) is 0 Å². The van der Waals surface area contributed by atoms with E-state index in [-0.39, 0.29) is 0 Å². The van der Waals surface area contributed by atoms with Gasteiger partial charge >= 0.3 is 0 Å². The normalized spacial score (nSPS) is 21.8. The van der Waals surface area contributed by atoms with Crippen LogP contribution >= 0.6 is 0 Å². The summed E-state index contributed by atoms with van der Waals surface area (Å²) in [6.45, 7) is 4.15. The highest BCUT2D eigenvalue weighted by Gasteiger charge is 2.27. The summed E-state index contributed by atoms with van der Waals surface area (Å²) in [6.07, 6.45) is 14.0. The first-order chi connectivity index (χ1) is 15.7. The molecule has 0 spiro atoms. The lowest BCUT2D eigenvalue weighted by atomic mass is 9.91. The maximum atomic E-state index is 4.71. The molecule has 7 nitrogen and oxygen atoms in total. The predicted molar refractivity (Wildman–Crippen MR) is 126 cm³/mol. The van der Waals surface area contributed by atoms with E-state index >= 15 is 0 Å². The standard InChI is InChI=1S/C25H35N7/c1-30(22-9-3-6-20-7-4-13-27-25(20)22)18-24-29-28-23(31(24)2)16-19-10-14-32(15-11-19)17-21-8-5-12-26-21/h4-5,7,12-13,19,22H,3,6,8-11,14-18H2,1-2H3. The van der Waals surface area contributed by atoms with Crippen molar-refractivity contribution in [3.8, 4) is 0 Å². The second-order valence-electron chi connectivity index (χ2n) is 9.67. The number of hydrogen-bond acceptors (Lipinski definition) is 6. The first-order valence-corrected chi connectivity index (χ1v) is 12.1. The zero-order valence-electron chi connectivity index (χ0n) is 19.5. The van der Waals surface area contributed by atoms with E-state index in [1.54, 1.807) is 0 Å². The summed E-state index contributed by atoms with van der Waals surface area (Å²) in [5.74, 6) is 2.87. The Labute approximate surface area is 191 Å². The molecule has 7 heteroatoms. The van der Waals surface area contributed by atoms with Crippen molar-refractivity contribution in [3.05, 3.63) is 53.5 Å². The van der Waals surface area contributed by atoms with Gasteiger partial charge in [-0.05, 0) is 69.8 Å². The van der Waals surface area contributed by atoms with Crippen LogP contribution in [0.25, 0.3) is 0 Å². The summed E-state index contributed by atoms with van der Waals surface area (Å²) in [4.78, 5) is 14.1. The van der Waals surface area contributed by atoms with Gasteiger partial charge in [0.2, 0.25) is 0 Å². The van der Waals surface area contributed by atoms with Gasteiger partial charge in [-0.15, -0.1) is 10.2 Å². The molecular formula is C25H35N7. The van der Waals surface area contributed by atoms with E-state index in [2.05, 4.69) is 61.9 Å². The average molecular weight is 434 g/mol. The molecule has 0 amide bonds. The molecule has 32 heavy (non-hydrogen) atoms. The molecule has 2 aromatic heterocycles. The Morgan fingerprint density at radius 1 is 1.12 bits per heavy atom. The van der Waals surface area contributed by atoms with Crippen molar-refractivity contribution >= 4 is 5.71 Å². The Bertz CT molecular complexity index is 984.